The Morgan fingerprint density at radius 2 is 2.33 bits per heavy atom. The van der Waals surface area contributed by atoms with Gasteiger partial charge in [0.2, 0.25) is 5.95 Å². The van der Waals surface area contributed by atoms with Gasteiger partial charge in [-0.1, -0.05) is 0 Å². The molecule has 4 nitrogen and oxygen atoms in total. The highest BCUT2D eigenvalue weighted by molar-refractivity contribution is 5.28. The Kier molecular flexibility index (Phi) is 4.48. The van der Waals surface area contributed by atoms with Gasteiger partial charge in [0.1, 0.15) is 0 Å². The standard InChI is InChI=1S/C9H15F2N3O/c1-7-6-14(3-4-15-2)9(13-7)12-5-8(10)11/h6,8H,3-5H2,1-2H3,(H,12,13). The van der Waals surface area contributed by atoms with Crippen LogP contribution in [0.15, 0.2) is 6.20 Å². The first-order chi connectivity index (χ1) is 7.13. The van der Waals surface area contributed by atoms with E-state index in [1.54, 1.807) is 17.9 Å². The first kappa shape index (κ1) is 11.9. The van der Waals surface area contributed by atoms with Crippen molar-refractivity contribution in [3.05, 3.63) is 11.9 Å². The lowest BCUT2D eigenvalue weighted by molar-refractivity contribution is 0.162. The van der Waals surface area contributed by atoms with Crippen LogP contribution in [0.25, 0.3) is 0 Å². The fourth-order valence-corrected chi connectivity index (χ4v) is 1.22. The van der Waals surface area contributed by atoms with Gasteiger partial charge in [0.05, 0.1) is 18.8 Å². The number of nitrogens with one attached hydrogen (secondary N) is 1. The summed E-state index contributed by atoms with van der Waals surface area (Å²) in [6.45, 7) is 2.56. The molecule has 86 valence electrons. The van der Waals surface area contributed by atoms with E-state index in [4.69, 9.17) is 4.74 Å². The number of halogens is 2. The molecule has 0 aliphatic heterocycles. The van der Waals surface area contributed by atoms with E-state index < -0.39 is 6.43 Å². The second-order valence-corrected chi connectivity index (χ2v) is 3.16. The first-order valence-corrected chi connectivity index (χ1v) is 4.68. The van der Waals surface area contributed by atoms with E-state index >= 15 is 0 Å². The molecular weight excluding hydrogens is 204 g/mol. The lowest BCUT2D eigenvalue weighted by Gasteiger charge is -2.08. The Balaban J connectivity index is 2.59. The maximum Gasteiger partial charge on any atom is 0.255 e. The predicted octanol–water partition coefficient (Wildman–Crippen LogP) is 1.51. The van der Waals surface area contributed by atoms with Crippen LogP contribution in [-0.2, 0) is 11.3 Å². The smallest absolute Gasteiger partial charge is 0.255 e. The van der Waals surface area contributed by atoms with Crippen molar-refractivity contribution in [2.75, 3.05) is 25.6 Å². The minimum atomic E-state index is -2.38. The first-order valence-electron chi connectivity index (χ1n) is 4.68. The SMILES string of the molecule is COCCn1cc(C)nc1NCC(F)F. The van der Waals surface area contributed by atoms with Gasteiger partial charge in [-0.2, -0.15) is 0 Å². The molecule has 0 amide bonds. The van der Waals surface area contributed by atoms with Gasteiger partial charge in [-0.15, -0.1) is 0 Å². The monoisotopic (exact) mass is 219 g/mol. The lowest BCUT2D eigenvalue weighted by atomic mass is 10.5. The third-order valence-corrected chi connectivity index (χ3v) is 1.85. The molecule has 1 N–H and O–H groups in total. The van der Waals surface area contributed by atoms with Crippen LogP contribution in [0.4, 0.5) is 14.7 Å². The van der Waals surface area contributed by atoms with Crippen molar-refractivity contribution >= 4 is 5.95 Å². The molecular formula is C9H15F2N3O. The number of methoxy groups -OCH3 is 1. The summed E-state index contributed by atoms with van der Waals surface area (Å²) in [5.74, 6) is 0.463. The minimum Gasteiger partial charge on any atom is -0.383 e. The number of alkyl halides is 2. The molecule has 1 aromatic heterocycles. The second-order valence-electron chi connectivity index (χ2n) is 3.16. The van der Waals surface area contributed by atoms with Crippen molar-refractivity contribution in [2.45, 2.75) is 19.9 Å². The van der Waals surface area contributed by atoms with Gasteiger partial charge in [0.25, 0.3) is 6.43 Å². The summed E-state index contributed by atoms with van der Waals surface area (Å²) < 4.78 is 30.6. The summed E-state index contributed by atoms with van der Waals surface area (Å²) in [4.78, 5) is 4.10. The fraction of sp³-hybridized carbons (Fsp3) is 0.667. The summed E-state index contributed by atoms with van der Waals surface area (Å²) >= 11 is 0. The molecule has 0 radical (unpaired) electrons. The Hall–Kier alpha value is -1.17. The molecule has 1 heterocycles. The molecule has 0 aliphatic carbocycles. The average molecular weight is 219 g/mol. The van der Waals surface area contributed by atoms with Gasteiger partial charge in [-0.05, 0) is 6.92 Å². The summed E-state index contributed by atoms with van der Waals surface area (Å²) in [6, 6.07) is 0. The van der Waals surface area contributed by atoms with Crippen LogP contribution < -0.4 is 5.32 Å². The third-order valence-electron chi connectivity index (χ3n) is 1.85. The maximum absolute atomic E-state index is 12.0. The van der Waals surface area contributed by atoms with E-state index in [0.29, 0.717) is 19.1 Å². The number of anilines is 1. The zero-order valence-electron chi connectivity index (χ0n) is 8.83. The Bertz CT molecular complexity index is 302. The van der Waals surface area contributed by atoms with E-state index in [2.05, 4.69) is 10.3 Å². The van der Waals surface area contributed by atoms with Crippen LogP contribution in [0, 0.1) is 6.92 Å². The van der Waals surface area contributed by atoms with Crippen LogP contribution >= 0.6 is 0 Å². The second kappa shape index (κ2) is 5.65. The van der Waals surface area contributed by atoms with Gasteiger partial charge < -0.3 is 14.6 Å². The van der Waals surface area contributed by atoms with Gasteiger partial charge in [-0.25, -0.2) is 13.8 Å². The number of imidazole rings is 1. The number of hydrogen-bond acceptors (Lipinski definition) is 3. The van der Waals surface area contributed by atoms with Crippen molar-refractivity contribution < 1.29 is 13.5 Å². The van der Waals surface area contributed by atoms with Crippen LogP contribution in [0.2, 0.25) is 0 Å². The topological polar surface area (TPSA) is 39.1 Å². The molecule has 0 spiro atoms. The molecule has 0 fully saturated rings. The average Bonchev–Trinajstić information content (AvgIpc) is 2.52. The molecule has 0 aromatic carbocycles. The zero-order chi connectivity index (χ0) is 11.3. The molecule has 1 aromatic rings. The fourth-order valence-electron chi connectivity index (χ4n) is 1.22. The van der Waals surface area contributed by atoms with Crippen molar-refractivity contribution in [1.29, 1.82) is 0 Å². The molecule has 15 heavy (non-hydrogen) atoms. The molecule has 1 rings (SSSR count). The number of rotatable bonds is 6. The summed E-state index contributed by atoms with van der Waals surface area (Å²) in [7, 11) is 1.59. The highest BCUT2D eigenvalue weighted by Gasteiger charge is 2.07. The Morgan fingerprint density at radius 3 is 2.93 bits per heavy atom. The summed E-state index contributed by atoms with van der Waals surface area (Å²) in [5, 5.41) is 2.59. The van der Waals surface area contributed by atoms with E-state index in [1.807, 2.05) is 6.92 Å². The summed E-state index contributed by atoms with van der Waals surface area (Å²) in [6.07, 6.45) is -0.579. The van der Waals surface area contributed by atoms with Gasteiger partial charge in [0, 0.05) is 19.9 Å². The van der Waals surface area contributed by atoms with Crippen LogP contribution in [-0.4, -0.2) is 36.2 Å². The van der Waals surface area contributed by atoms with E-state index in [1.165, 1.54) is 0 Å². The summed E-state index contributed by atoms with van der Waals surface area (Å²) in [5.41, 5.74) is 0.794. The highest BCUT2D eigenvalue weighted by atomic mass is 19.3. The molecule has 0 atom stereocenters. The Labute approximate surface area is 87.3 Å². The highest BCUT2D eigenvalue weighted by Crippen LogP contribution is 2.08. The van der Waals surface area contributed by atoms with Gasteiger partial charge >= 0.3 is 0 Å². The van der Waals surface area contributed by atoms with E-state index in [0.717, 1.165) is 5.69 Å². The van der Waals surface area contributed by atoms with Crippen molar-refractivity contribution in [1.82, 2.24) is 9.55 Å². The number of ether oxygens (including phenoxy) is 1. The van der Waals surface area contributed by atoms with Crippen LogP contribution in [0.1, 0.15) is 5.69 Å². The number of aromatic nitrogens is 2. The van der Waals surface area contributed by atoms with Crippen molar-refractivity contribution in [3.63, 3.8) is 0 Å². The van der Waals surface area contributed by atoms with Crippen LogP contribution in [0.3, 0.4) is 0 Å². The molecule has 0 saturated heterocycles. The zero-order valence-corrected chi connectivity index (χ0v) is 8.83. The van der Waals surface area contributed by atoms with Gasteiger partial charge in [-0.3, -0.25) is 0 Å². The maximum atomic E-state index is 12.0. The Morgan fingerprint density at radius 1 is 1.60 bits per heavy atom. The predicted molar refractivity (Wildman–Crippen MR) is 53.3 cm³/mol. The molecule has 0 bridgehead atoms. The number of nitrogens with zero attached hydrogens (tertiary/aromatic N) is 2. The third kappa shape index (κ3) is 3.83. The van der Waals surface area contributed by atoms with Crippen LogP contribution in [0.5, 0.6) is 0 Å². The van der Waals surface area contributed by atoms with Crippen molar-refractivity contribution in [3.8, 4) is 0 Å². The number of aryl methyl sites for hydroxylation is 1. The van der Waals surface area contributed by atoms with Gasteiger partial charge in [0.15, 0.2) is 0 Å². The lowest BCUT2D eigenvalue weighted by Crippen LogP contribution is -2.15. The largest absolute Gasteiger partial charge is 0.383 e. The quantitative estimate of drug-likeness (QED) is 0.788. The van der Waals surface area contributed by atoms with E-state index in [-0.39, 0.29) is 6.54 Å². The molecule has 6 heteroatoms. The number of hydrogen-bond donors (Lipinski definition) is 1. The molecule has 0 unspecified atom stereocenters. The van der Waals surface area contributed by atoms with E-state index in [9.17, 15) is 8.78 Å². The van der Waals surface area contributed by atoms with Crippen molar-refractivity contribution in [2.24, 2.45) is 0 Å². The molecule has 0 saturated carbocycles. The normalized spacial score (nSPS) is 11.0. The molecule has 0 aliphatic rings. The minimum absolute atomic E-state index is 0.385.